The lowest BCUT2D eigenvalue weighted by Gasteiger charge is -2.41. The van der Waals surface area contributed by atoms with Crippen LogP contribution >= 0.6 is 12.2 Å². The Kier molecular flexibility index (Phi) is 3.62. The molecule has 1 aliphatic heterocycles. The number of rotatable bonds is 1. The Labute approximate surface area is 106 Å². The maximum atomic E-state index is 4.78. The molecule has 3 nitrogen and oxygen atoms in total. The monoisotopic (exact) mass is 255 g/mol. The van der Waals surface area contributed by atoms with Gasteiger partial charge >= 0.3 is 9.28 Å². The predicted octanol–water partition coefficient (Wildman–Crippen LogP) is 2.49. The molecule has 90 valence electrons. The first kappa shape index (κ1) is 13.4. The van der Waals surface area contributed by atoms with Gasteiger partial charge in [-0.15, -0.1) is 0 Å². The molecule has 0 atom stereocenters. The standard InChI is InChI=1S/C11H21N3SSi/c1-10(2,3)13-7-8-14(11(4,5)6)16(13)12-9-15/h7-8,16H,1-6H3. The number of hydrogen-bond acceptors (Lipinski definition) is 4. The summed E-state index contributed by atoms with van der Waals surface area (Å²) in [5.41, 5.74) is 0.173. The van der Waals surface area contributed by atoms with E-state index in [1.54, 1.807) is 0 Å². The topological polar surface area (TPSA) is 18.8 Å². The Bertz CT molecular complexity index is 310. The summed E-state index contributed by atoms with van der Waals surface area (Å²) in [7, 11) is -1.60. The molecule has 0 saturated heterocycles. The minimum atomic E-state index is -1.60. The van der Waals surface area contributed by atoms with Crippen LogP contribution < -0.4 is 0 Å². The second-order valence-electron chi connectivity index (χ2n) is 6.02. The summed E-state index contributed by atoms with van der Waals surface area (Å²) in [5, 5.41) is 2.56. The van der Waals surface area contributed by atoms with Crippen molar-refractivity contribution in [2.75, 3.05) is 0 Å². The van der Waals surface area contributed by atoms with E-state index in [1.807, 2.05) is 0 Å². The SMILES string of the molecule is CC(C)(C)N1C=CN(C(C)(C)C)[SiH]1N=C=S. The van der Waals surface area contributed by atoms with Crippen LogP contribution in [-0.4, -0.2) is 34.7 Å². The van der Waals surface area contributed by atoms with Crippen molar-refractivity contribution in [3.8, 4) is 0 Å². The van der Waals surface area contributed by atoms with Crippen molar-refractivity contribution in [2.45, 2.75) is 52.6 Å². The third kappa shape index (κ3) is 2.73. The molecule has 0 radical (unpaired) electrons. The van der Waals surface area contributed by atoms with Crippen LogP contribution in [0.1, 0.15) is 41.5 Å². The highest BCUT2D eigenvalue weighted by molar-refractivity contribution is 7.78. The van der Waals surface area contributed by atoms with Crippen molar-refractivity contribution in [2.24, 2.45) is 4.66 Å². The Balaban J connectivity index is 3.03. The maximum absolute atomic E-state index is 4.78. The Morgan fingerprint density at radius 1 is 1.00 bits per heavy atom. The fourth-order valence-corrected chi connectivity index (χ4v) is 4.48. The smallest absolute Gasteiger partial charge is 0.365 e. The number of hydrogen-bond donors (Lipinski definition) is 0. The lowest BCUT2D eigenvalue weighted by molar-refractivity contribution is 0.280. The van der Waals surface area contributed by atoms with Crippen molar-refractivity contribution in [3.05, 3.63) is 12.4 Å². The minimum absolute atomic E-state index is 0.0864. The van der Waals surface area contributed by atoms with Crippen LogP contribution in [0.3, 0.4) is 0 Å². The lowest BCUT2D eigenvalue weighted by atomic mass is 10.1. The molecule has 5 heteroatoms. The van der Waals surface area contributed by atoms with Gasteiger partial charge in [-0.3, -0.25) is 0 Å². The van der Waals surface area contributed by atoms with Crippen LogP contribution in [0.25, 0.3) is 0 Å². The second-order valence-corrected chi connectivity index (χ2v) is 8.27. The molecule has 0 bridgehead atoms. The fourth-order valence-electron chi connectivity index (χ4n) is 1.74. The van der Waals surface area contributed by atoms with Crippen molar-refractivity contribution in [3.63, 3.8) is 0 Å². The fraction of sp³-hybridized carbons (Fsp3) is 0.727. The maximum Gasteiger partial charge on any atom is 0.391 e. The highest BCUT2D eigenvalue weighted by Gasteiger charge is 2.40. The van der Waals surface area contributed by atoms with E-state index in [1.165, 1.54) is 0 Å². The van der Waals surface area contributed by atoms with Gasteiger partial charge in [-0.2, -0.15) is 0 Å². The third-order valence-corrected chi connectivity index (χ3v) is 6.14. The van der Waals surface area contributed by atoms with Crippen molar-refractivity contribution >= 4 is 26.7 Å². The van der Waals surface area contributed by atoms with Crippen LogP contribution in [0.5, 0.6) is 0 Å². The summed E-state index contributed by atoms with van der Waals surface area (Å²) in [6.45, 7) is 13.2. The van der Waals surface area contributed by atoms with Gasteiger partial charge in [-0.1, -0.05) is 0 Å². The average molecular weight is 255 g/mol. The normalized spacial score (nSPS) is 17.9. The molecular weight excluding hydrogens is 234 g/mol. The number of thiocarbonyl (C=S) groups is 1. The molecule has 0 saturated carbocycles. The van der Waals surface area contributed by atoms with Crippen LogP contribution in [0.15, 0.2) is 17.1 Å². The van der Waals surface area contributed by atoms with Gasteiger partial charge < -0.3 is 9.13 Å². The zero-order valence-electron chi connectivity index (χ0n) is 11.0. The predicted molar refractivity (Wildman–Crippen MR) is 74.5 cm³/mol. The third-order valence-electron chi connectivity index (χ3n) is 2.60. The van der Waals surface area contributed by atoms with Crippen molar-refractivity contribution in [1.82, 2.24) is 9.13 Å². The highest BCUT2D eigenvalue weighted by atomic mass is 32.1. The molecule has 16 heavy (non-hydrogen) atoms. The van der Waals surface area contributed by atoms with Gasteiger partial charge in [0.1, 0.15) is 0 Å². The van der Waals surface area contributed by atoms with E-state index >= 15 is 0 Å². The molecule has 1 aliphatic rings. The minimum Gasteiger partial charge on any atom is -0.365 e. The molecule has 0 N–H and O–H groups in total. The van der Waals surface area contributed by atoms with E-state index in [-0.39, 0.29) is 11.1 Å². The highest BCUT2D eigenvalue weighted by Crippen LogP contribution is 2.28. The van der Waals surface area contributed by atoms with E-state index in [0.717, 1.165) is 0 Å². The molecular formula is C11H21N3SSi. The van der Waals surface area contributed by atoms with Crippen molar-refractivity contribution < 1.29 is 0 Å². The molecule has 0 aromatic heterocycles. The first-order valence-electron chi connectivity index (χ1n) is 5.50. The summed E-state index contributed by atoms with van der Waals surface area (Å²) in [6, 6.07) is 0. The van der Waals surface area contributed by atoms with E-state index in [2.05, 4.69) is 72.9 Å². The number of isothiocyanates is 1. The van der Waals surface area contributed by atoms with Gasteiger partial charge in [-0.25, -0.2) is 4.66 Å². The molecule has 0 unspecified atom stereocenters. The van der Waals surface area contributed by atoms with Crippen LogP contribution in [-0.2, 0) is 0 Å². The van der Waals surface area contributed by atoms with E-state index in [0.29, 0.717) is 0 Å². The summed E-state index contributed by atoms with van der Waals surface area (Å²) >= 11 is 4.78. The summed E-state index contributed by atoms with van der Waals surface area (Å²) in [4.78, 5) is 0. The van der Waals surface area contributed by atoms with E-state index in [9.17, 15) is 0 Å². The van der Waals surface area contributed by atoms with Gasteiger partial charge in [0.25, 0.3) is 0 Å². The largest absolute Gasteiger partial charge is 0.391 e. The molecule has 0 aromatic rings. The van der Waals surface area contributed by atoms with Crippen LogP contribution in [0.2, 0.25) is 0 Å². The zero-order chi connectivity index (χ0) is 12.6. The van der Waals surface area contributed by atoms with Crippen LogP contribution in [0.4, 0.5) is 0 Å². The van der Waals surface area contributed by atoms with Gasteiger partial charge in [-0.05, 0) is 53.8 Å². The first-order chi connectivity index (χ1) is 7.18. The van der Waals surface area contributed by atoms with Crippen molar-refractivity contribution in [1.29, 1.82) is 0 Å². The average Bonchev–Trinajstić information content (AvgIpc) is 2.46. The van der Waals surface area contributed by atoms with Crippen LogP contribution in [0, 0.1) is 0 Å². The van der Waals surface area contributed by atoms with E-state index in [4.69, 9.17) is 12.2 Å². The molecule has 0 fully saturated rings. The molecule has 0 aliphatic carbocycles. The summed E-state index contributed by atoms with van der Waals surface area (Å²) in [5.74, 6) is 0. The Hall–Kier alpha value is -0.643. The molecule has 0 amide bonds. The van der Waals surface area contributed by atoms with Gasteiger partial charge in [0, 0.05) is 23.5 Å². The quantitative estimate of drug-likeness (QED) is 0.407. The molecule has 1 rings (SSSR count). The molecule has 0 spiro atoms. The summed E-state index contributed by atoms with van der Waals surface area (Å²) < 4.78 is 9.07. The number of nitrogens with zero attached hydrogens (tertiary/aromatic N) is 3. The Morgan fingerprint density at radius 3 is 1.62 bits per heavy atom. The first-order valence-corrected chi connectivity index (χ1v) is 7.46. The molecule has 0 aromatic carbocycles. The summed E-state index contributed by atoms with van der Waals surface area (Å²) in [6.07, 6.45) is 4.27. The lowest BCUT2D eigenvalue weighted by Crippen LogP contribution is -2.55. The second kappa shape index (κ2) is 4.32. The van der Waals surface area contributed by atoms with Gasteiger partial charge in [0.15, 0.2) is 0 Å². The van der Waals surface area contributed by atoms with Gasteiger partial charge in [0.2, 0.25) is 0 Å². The molecule has 1 heterocycles. The van der Waals surface area contributed by atoms with E-state index < -0.39 is 9.28 Å². The van der Waals surface area contributed by atoms with Gasteiger partial charge in [0.05, 0.1) is 5.16 Å². The Morgan fingerprint density at radius 2 is 1.38 bits per heavy atom. The zero-order valence-corrected chi connectivity index (χ0v) is 13.0.